The summed E-state index contributed by atoms with van der Waals surface area (Å²) < 4.78 is 1.01. The van der Waals surface area contributed by atoms with Gasteiger partial charge in [0.2, 0.25) is 0 Å². The number of hydrogen-bond acceptors (Lipinski definition) is 3. The summed E-state index contributed by atoms with van der Waals surface area (Å²) in [4.78, 5) is 17.2. The fraction of sp³-hybridized carbons (Fsp3) is 0.167. The van der Waals surface area contributed by atoms with Crippen molar-refractivity contribution in [2.24, 2.45) is 0 Å². The first-order valence-electron chi connectivity index (χ1n) is 4.85. The van der Waals surface area contributed by atoms with Crippen molar-refractivity contribution in [1.82, 2.24) is 4.98 Å². The first kappa shape index (κ1) is 11.5. The lowest BCUT2D eigenvalue weighted by Crippen LogP contribution is -2.05. The summed E-state index contributed by atoms with van der Waals surface area (Å²) in [6.45, 7) is 1.86. The van der Waals surface area contributed by atoms with Crippen molar-refractivity contribution in [3.05, 3.63) is 50.4 Å². The van der Waals surface area contributed by atoms with Crippen molar-refractivity contribution in [1.29, 1.82) is 0 Å². The summed E-state index contributed by atoms with van der Waals surface area (Å²) in [6, 6.07) is 5.58. The van der Waals surface area contributed by atoms with Crippen molar-refractivity contribution in [2.45, 2.75) is 13.3 Å². The van der Waals surface area contributed by atoms with Crippen LogP contribution in [0.4, 0.5) is 0 Å². The van der Waals surface area contributed by atoms with Crippen LogP contribution in [0.15, 0.2) is 34.2 Å². The largest absolute Gasteiger partial charge is 0.294 e. The summed E-state index contributed by atoms with van der Waals surface area (Å²) in [6.07, 6.45) is 2.14. The van der Waals surface area contributed by atoms with E-state index in [0.717, 1.165) is 15.0 Å². The molecule has 0 aliphatic carbocycles. The molecule has 0 amide bonds. The minimum absolute atomic E-state index is 0.119. The zero-order chi connectivity index (χ0) is 11.5. The topological polar surface area (TPSA) is 30.0 Å². The minimum atomic E-state index is 0.119. The van der Waals surface area contributed by atoms with Crippen LogP contribution in [0.25, 0.3) is 0 Å². The van der Waals surface area contributed by atoms with E-state index in [4.69, 9.17) is 0 Å². The summed E-state index contributed by atoms with van der Waals surface area (Å²) in [5, 5.41) is 1.97. The molecule has 0 bridgehead atoms. The molecule has 0 aromatic carbocycles. The standard InChI is InChI=1S/C12H10BrNOS/c1-8-9(3-2-5-14-8)11(15)7-12-10(13)4-6-16-12/h2-6H,7H2,1H3. The van der Waals surface area contributed by atoms with E-state index in [1.165, 1.54) is 0 Å². The molecule has 0 aliphatic rings. The van der Waals surface area contributed by atoms with Crippen LogP contribution in [-0.4, -0.2) is 10.8 Å². The molecule has 2 aromatic rings. The fourth-order valence-corrected chi connectivity index (χ4v) is 2.96. The predicted octanol–water partition coefficient (Wildman–Crippen LogP) is 3.64. The van der Waals surface area contributed by atoms with Crippen LogP contribution in [0.5, 0.6) is 0 Å². The van der Waals surface area contributed by atoms with Crippen molar-refractivity contribution < 1.29 is 4.79 Å². The van der Waals surface area contributed by atoms with E-state index >= 15 is 0 Å². The maximum atomic E-state index is 12.0. The number of Topliss-reactive ketones (excluding diaryl/α,β-unsaturated/α-hetero) is 1. The maximum Gasteiger partial charge on any atom is 0.169 e. The second-order valence-corrected chi connectivity index (χ2v) is 5.28. The number of halogens is 1. The molecule has 0 saturated carbocycles. The molecule has 0 radical (unpaired) electrons. The van der Waals surface area contributed by atoms with Crippen LogP contribution in [0.2, 0.25) is 0 Å². The molecule has 2 rings (SSSR count). The van der Waals surface area contributed by atoms with Gasteiger partial charge in [-0.1, -0.05) is 0 Å². The smallest absolute Gasteiger partial charge is 0.169 e. The molecule has 0 aliphatic heterocycles. The molecule has 0 unspecified atom stereocenters. The third kappa shape index (κ3) is 2.39. The Morgan fingerprint density at radius 3 is 2.94 bits per heavy atom. The van der Waals surface area contributed by atoms with E-state index in [0.29, 0.717) is 12.0 Å². The quantitative estimate of drug-likeness (QED) is 0.809. The lowest BCUT2D eigenvalue weighted by atomic mass is 10.1. The number of rotatable bonds is 3. The Morgan fingerprint density at radius 2 is 2.31 bits per heavy atom. The Balaban J connectivity index is 2.22. The molecular formula is C12H10BrNOS. The summed E-state index contributed by atoms with van der Waals surface area (Å²) in [7, 11) is 0. The van der Waals surface area contributed by atoms with Gasteiger partial charge < -0.3 is 0 Å². The van der Waals surface area contributed by atoms with Gasteiger partial charge in [-0.15, -0.1) is 11.3 Å². The Hall–Kier alpha value is -1.00. The van der Waals surface area contributed by atoms with Gasteiger partial charge in [0.25, 0.3) is 0 Å². The molecule has 2 heterocycles. The molecule has 0 spiro atoms. The summed E-state index contributed by atoms with van der Waals surface area (Å²) >= 11 is 5.02. The summed E-state index contributed by atoms with van der Waals surface area (Å²) in [5.74, 6) is 0.119. The van der Waals surface area contributed by atoms with Gasteiger partial charge in [-0.2, -0.15) is 0 Å². The van der Waals surface area contributed by atoms with Gasteiger partial charge in [-0.05, 0) is 46.4 Å². The highest BCUT2D eigenvalue weighted by Gasteiger charge is 2.12. The second-order valence-electron chi connectivity index (χ2n) is 3.43. The molecule has 0 N–H and O–H groups in total. The third-order valence-corrected chi connectivity index (χ3v) is 4.25. The fourth-order valence-electron chi connectivity index (χ4n) is 1.47. The minimum Gasteiger partial charge on any atom is -0.294 e. The average molecular weight is 296 g/mol. The number of aryl methyl sites for hydroxylation is 1. The molecule has 2 nitrogen and oxygen atoms in total. The van der Waals surface area contributed by atoms with Gasteiger partial charge in [0.05, 0.1) is 0 Å². The highest BCUT2D eigenvalue weighted by molar-refractivity contribution is 9.10. The Kier molecular flexibility index (Phi) is 3.51. The lowest BCUT2D eigenvalue weighted by molar-refractivity contribution is 0.0992. The van der Waals surface area contributed by atoms with Crippen LogP contribution >= 0.6 is 27.3 Å². The third-order valence-electron chi connectivity index (χ3n) is 2.32. The molecular weight excluding hydrogens is 286 g/mol. The maximum absolute atomic E-state index is 12.0. The average Bonchev–Trinajstić information content (AvgIpc) is 2.65. The van der Waals surface area contributed by atoms with Crippen LogP contribution in [-0.2, 0) is 6.42 Å². The predicted molar refractivity (Wildman–Crippen MR) is 69.0 cm³/mol. The van der Waals surface area contributed by atoms with Gasteiger partial charge in [0.1, 0.15) is 0 Å². The monoisotopic (exact) mass is 295 g/mol. The SMILES string of the molecule is Cc1ncccc1C(=O)Cc1sccc1Br. The zero-order valence-electron chi connectivity index (χ0n) is 8.74. The van der Waals surface area contributed by atoms with Gasteiger partial charge in [0.15, 0.2) is 5.78 Å². The van der Waals surface area contributed by atoms with Gasteiger partial charge in [0, 0.05) is 33.2 Å². The molecule has 0 saturated heterocycles. The zero-order valence-corrected chi connectivity index (χ0v) is 11.1. The molecule has 0 atom stereocenters. The second kappa shape index (κ2) is 4.89. The molecule has 0 fully saturated rings. The normalized spacial score (nSPS) is 10.4. The number of hydrogen-bond donors (Lipinski definition) is 0. The Bertz CT molecular complexity index is 521. The first-order valence-corrected chi connectivity index (χ1v) is 6.52. The number of pyridine rings is 1. The Morgan fingerprint density at radius 1 is 1.50 bits per heavy atom. The van der Waals surface area contributed by atoms with Crippen LogP contribution in [0.3, 0.4) is 0 Å². The van der Waals surface area contributed by atoms with Gasteiger partial charge in [-0.3, -0.25) is 9.78 Å². The number of carbonyl (C=O) groups is 1. The Labute approximate surface area is 106 Å². The summed E-state index contributed by atoms with van der Waals surface area (Å²) in [5.41, 5.74) is 1.50. The van der Waals surface area contributed by atoms with Crippen LogP contribution in [0, 0.1) is 6.92 Å². The molecule has 16 heavy (non-hydrogen) atoms. The van der Waals surface area contributed by atoms with Crippen molar-refractivity contribution in [2.75, 3.05) is 0 Å². The van der Waals surface area contributed by atoms with Crippen molar-refractivity contribution >= 4 is 33.0 Å². The van der Waals surface area contributed by atoms with E-state index < -0.39 is 0 Å². The van der Waals surface area contributed by atoms with Crippen LogP contribution in [0.1, 0.15) is 20.9 Å². The van der Waals surface area contributed by atoms with Crippen molar-refractivity contribution in [3.8, 4) is 0 Å². The van der Waals surface area contributed by atoms with Crippen molar-refractivity contribution in [3.63, 3.8) is 0 Å². The highest BCUT2D eigenvalue weighted by atomic mass is 79.9. The lowest BCUT2D eigenvalue weighted by Gasteiger charge is -2.02. The number of thiophene rings is 1. The molecule has 4 heteroatoms. The highest BCUT2D eigenvalue weighted by Crippen LogP contribution is 2.24. The number of carbonyl (C=O) groups excluding carboxylic acids is 1. The number of aromatic nitrogens is 1. The first-order chi connectivity index (χ1) is 7.68. The van der Waals surface area contributed by atoms with E-state index in [9.17, 15) is 4.79 Å². The van der Waals surface area contributed by atoms with Gasteiger partial charge in [-0.25, -0.2) is 0 Å². The molecule has 82 valence electrons. The van der Waals surface area contributed by atoms with E-state index in [2.05, 4.69) is 20.9 Å². The molecule has 2 aromatic heterocycles. The van der Waals surface area contributed by atoms with E-state index in [-0.39, 0.29) is 5.78 Å². The van der Waals surface area contributed by atoms with E-state index in [1.54, 1.807) is 23.6 Å². The number of nitrogens with zero attached hydrogens (tertiary/aromatic N) is 1. The van der Waals surface area contributed by atoms with Gasteiger partial charge >= 0.3 is 0 Å². The van der Waals surface area contributed by atoms with Crippen LogP contribution < -0.4 is 0 Å². The van der Waals surface area contributed by atoms with E-state index in [1.807, 2.05) is 24.4 Å². The number of ketones is 1.